The third-order valence-corrected chi connectivity index (χ3v) is 5.83. The zero-order valence-electron chi connectivity index (χ0n) is 20.9. The van der Waals surface area contributed by atoms with Gasteiger partial charge in [0.25, 0.3) is 0 Å². The molecule has 0 saturated heterocycles. The molecule has 0 fully saturated rings. The van der Waals surface area contributed by atoms with Gasteiger partial charge in [0.1, 0.15) is 12.7 Å². The monoisotopic (exact) mass is 601 g/mol. The average molecular weight is 601 g/mol. The van der Waals surface area contributed by atoms with Crippen LogP contribution in [-0.2, 0) is 50.1 Å². The van der Waals surface area contributed by atoms with Crippen molar-refractivity contribution in [3.8, 4) is 35.2 Å². The van der Waals surface area contributed by atoms with E-state index in [-0.39, 0.29) is 13.2 Å². The van der Waals surface area contributed by atoms with E-state index in [0.717, 1.165) is 39.1 Å². The number of halogens is 1. The molecule has 194 valence electrons. The van der Waals surface area contributed by atoms with Gasteiger partial charge in [-0.2, -0.15) is 0 Å². The first-order chi connectivity index (χ1) is 17.0. The molecular weight excluding hydrogens is 567 g/mol. The van der Waals surface area contributed by atoms with Crippen LogP contribution in [0.2, 0.25) is 0 Å². The van der Waals surface area contributed by atoms with Crippen LogP contribution in [0.3, 0.4) is 0 Å². The van der Waals surface area contributed by atoms with Crippen molar-refractivity contribution in [1.82, 2.24) is 0 Å². The molecule has 35 heavy (non-hydrogen) atoms. The van der Waals surface area contributed by atoms with Crippen molar-refractivity contribution in [2.75, 3.05) is 46.6 Å². The Morgan fingerprint density at radius 2 is 1.20 bits per heavy atom. The molecule has 0 bridgehead atoms. The zero-order chi connectivity index (χ0) is 25.6. The number of alkyl halides is 1. The Bertz CT molecular complexity index is 918. The van der Waals surface area contributed by atoms with E-state index in [4.69, 9.17) is 37.9 Å². The van der Waals surface area contributed by atoms with Gasteiger partial charge in [0.2, 0.25) is 0 Å². The summed E-state index contributed by atoms with van der Waals surface area (Å²) >= 11 is -0.433. The van der Waals surface area contributed by atoms with E-state index in [1.165, 1.54) is 0 Å². The van der Waals surface area contributed by atoms with E-state index in [0.29, 0.717) is 32.2 Å². The summed E-state index contributed by atoms with van der Waals surface area (Å²) < 4.78 is 38.6. The predicted octanol–water partition coefficient (Wildman–Crippen LogP) is 0.299. The Labute approximate surface area is 218 Å². The molecule has 1 N–H and O–H groups in total. The number of ether oxygens (including phenoxy) is 6. The van der Waals surface area contributed by atoms with Gasteiger partial charge in [-0.15, -0.1) is 0 Å². The molecule has 0 aliphatic rings. The molecule has 1 atom stereocenters. The fraction of sp³-hybridized carbons (Fsp3) is 0.462. The molecule has 9 heteroatoms. The van der Waals surface area contributed by atoms with E-state index >= 15 is 0 Å². The molecule has 1 unspecified atom stereocenters. The predicted molar refractivity (Wildman–Crippen MR) is 128 cm³/mol. The Morgan fingerprint density at radius 3 is 1.57 bits per heavy atom. The summed E-state index contributed by atoms with van der Waals surface area (Å²) in [6.45, 7) is 1.45. The fourth-order valence-corrected chi connectivity index (χ4v) is 4.63. The van der Waals surface area contributed by atoms with Gasteiger partial charge in [-0.25, -0.2) is 0 Å². The van der Waals surface area contributed by atoms with Gasteiger partial charge in [0.05, 0.1) is 0 Å². The Hall–Kier alpha value is -2.07. The number of benzene rings is 2. The molecular formula is C26H34IO8-. The van der Waals surface area contributed by atoms with Gasteiger partial charge >= 0.3 is 190 Å². The summed E-state index contributed by atoms with van der Waals surface area (Å²) in [5.41, 5.74) is 5.50. The fourth-order valence-electron chi connectivity index (χ4n) is 3.63. The summed E-state index contributed by atoms with van der Waals surface area (Å²) in [6, 6.07) is 8.17. The number of rotatable bonds is 16. The van der Waals surface area contributed by atoms with Crippen LogP contribution in [0, 0.1) is 12.5 Å². The van der Waals surface area contributed by atoms with Gasteiger partial charge in [-0.3, -0.25) is 0 Å². The molecule has 0 aromatic heterocycles. The SMILES string of the molecule is C#COCC(O)COc1c(COC)cc(-c2cc(COC)c(O[I-]C)c(COC)c2)cc1COC. The zero-order valence-corrected chi connectivity index (χ0v) is 23.0. The third-order valence-electron chi connectivity index (χ3n) is 4.95. The van der Waals surface area contributed by atoms with Crippen molar-refractivity contribution in [2.45, 2.75) is 32.5 Å². The Morgan fingerprint density at radius 1 is 0.771 bits per heavy atom. The maximum atomic E-state index is 10.1. The van der Waals surface area contributed by atoms with Crippen LogP contribution < -0.4 is 29.4 Å². The van der Waals surface area contributed by atoms with Gasteiger partial charge in [0, 0.05) is 0 Å². The van der Waals surface area contributed by atoms with E-state index in [1.807, 2.05) is 18.2 Å². The van der Waals surface area contributed by atoms with Crippen molar-refractivity contribution < 1.29 is 58.2 Å². The van der Waals surface area contributed by atoms with Crippen molar-refractivity contribution >= 4 is 0 Å². The number of hydrogen-bond donors (Lipinski definition) is 1. The standard InChI is InChI=1S/C26H34IO8/c1-7-33-16-24(28)17-34-25-20(12-29-3)8-18(9-21(25)13-30-4)19-10-22(14-31-5)26(35-27-2)23(11-19)15-32-6/h1,8-11,24,28H,12-17H2,2-6H3/q-1. The molecule has 2 aromatic carbocycles. The van der Waals surface area contributed by atoms with E-state index < -0.39 is 27.7 Å². The summed E-state index contributed by atoms with van der Waals surface area (Å²) in [5.74, 6) is 1.42. The number of aliphatic hydroxyl groups excluding tert-OH is 1. The third kappa shape index (κ3) is 8.52. The number of hydrogen-bond acceptors (Lipinski definition) is 8. The van der Waals surface area contributed by atoms with Crippen LogP contribution in [0.25, 0.3) is 11.1 Å². The minimum atomic E-state index is -0.876. The Balaban J connectivity index is 2.57. The summed E-state index contributed by atoms with van der Waals surface area (Å²) in [6.07, 6.45) is 6.26. The van der Waals surface area contributed by atoms with E-state index in [9.17, 15) is 5.11 Å². The molecule has 0 aliphatic carbocycles. The van der Waals surface area contributed by atoms with Crippen LogP contribution in [0.1, 0.15) is 22.3 Å². The number of aliphatic hydroxyl groups is 1. The molecule has 0 heterocycles. The maximum absolute atomic E-state index is 10.1. The van der Waals surface area contributed by atoms with Crippen LogP contribution >= 0.6 is 0 Å². The molecule has 2 rings (SSSR count). The first kappa shape index (κ1) is 29.2. The van der Waals surface area contributed by atoms with Gasteiger partial charge in [-0.05, 0) is 0 Å². The Kier molecular flexibility index (Phi) is 13.2. The molecule has 0 saturated carbocycles. The second-order valence-corrected chi connectivity index (χ2v) is 8.93. The number of terminal acetylenes is 1. The quantitative estimate of drug-likeness (QED) is 0.167. The number of methoxy groups -OCH3 is 4. The first-order valence-electron chi connectivity index (χ1n) is 10.8. The van der Waals surface area contributed by atoms with Crippen LogP contribution in [-0.4, -0.2) is 57.8 Å². The van der Waals surface area contributed by atoms with Crippen molar-refractivity contribution in [3.05, 3.63) is 46.5 Å². The van der Waals surface area contributed by atoms with Crippen molar-refractivity contribution in [3.63, 3.8) is 0 Å². The normalized spacial score (nSPS) is 11.8. The van der Waals surface area contributed by atoms with Gasteiger partial charge in [-0.1, -0.05) is 6.42 Å². The van der Waals surface area contributed by atoms with Gasteiger partial charge in [0.15, 0.2) is 0 Å². The molecule has 2 aromatic rings. The summed E-state index contributed by atoms with van der Waals surface area (Å²) in [5, 5.41) is 10.1. The molecule has 0 amide bonds. The average Bonchev–Trinajstić information content (AvgIpc) is 2.84. The topological polar surface area (TPSA) is 84.8 Å². The van der Waals surface area contributed by atoms with Crippen LogP contribution in [0.5, 0.6) is 11.5 Å². The molecule has 0 spiro atoms. The van der Waals surface area contributed by atoms with E-state index in [1.54, 1.807) is 28.4 Å². The minimum absolute atomic E-state index is 0.0105. The van der Waals surface area contributed by atoms with Crippen molar-refractivity contribution in [1.29, 1.82) is 0 Å². The molecule has 8 nitrogen and oxygen atoms in total. The molecule has 0 aliphatic heterocycles. The second-order valence-electron chi connectivity index (χ2n) is 7.60. The second kappa shape index (κ2) is 15.8. The van der Waals surface area contributed by atoms with Crippen LogP contribution in [0.4, 0.5) is 0 Å². The van der Waals surface area contributed by atoms with Gasteiger partial charge < -0.3 is 9.84 Å². The summed E-state index contributed by atoms with van der Waals surface area (Å²) in [4.78, 5) is 2.06. The first-order valence-corrected chi connectivity index (χ1v) is 13.9. The molecule has 0 radical (unpaired) electrons. The van der Waals surface area contributed by atoms with E-state index in [2.05, 4.69) is 17.1 Å². The van der Waals surface area contributed by atoms with Crippen LogP contribution in [0.15, 0.2) is 24.3 Å². The summed E-state index contributed by atoms with van der Waals surface area (Å²) in [7, 11) is 6.57. The van der Waals surface area contributed by atoms with Crippen molar-refractivity contribution in [2.24, 2.45) is 0 Å².